The lowest BCUT2D eigenvalue weighted by Gasteiger charge is -2.31. The van der Waals surface area contributed by atoms with Crippen molar-refractivity contribution in [2.45, 2.75) is 38.2 Å². The van der Waals surface area contributed by atoms with Gasteiger partial charge in [-0.3, -0.25) is 0 Å². The van der Waals surface area contributed by atoms with Gasteiger partial charge in [0, 0.05) is 38.1 Å². The van der Waals surface area contributed by atoms with Crippen molar-refractivity contribution in [2.75, 3.05) is 37.0 Å². The lowest BCUT2D eigenvalue weighted by molar-refractivity contribution is 0.0216. The first-order valence-electron chi connectivity index (χ1n) is 7.53. The Hall–Kier alpha value is -1.22. The Balaban J connectivity index is 1.73. The summed E-state index contributed by atoms with van der Waals surface area (Å²) in [5.74, 6) is 0. The van der Waals surface area contributed by atoms with Crippen LogP contribution in [0.5, 0.6) is 0 Å². The van der Waals surface area contributed by atoms with Gasteiger partial charge in [-0.15, -0.1) is 0 Å². The van der Waals surface area contributed by atoms with Crippen molar-refractivity contribution >= 4 is 11.4 Å². The van der Waals surface area contributed by atoms with Gasteiger partial charge in [0.15, 0.2) is 0 Å². The number of nitrogens with one attached hydrogen (secondary N) is 1. The van der Waals surface area contributed by atoms with Crippen LogP contribution in [0.2, 0.25) is 0 Å². The quantitative estimate of drug-likeness (QED) is 0.904. The minimum Gasteiger partial charge on any atom is -0.385 e. The molecule has 1 unspecified atom stereocenters. The van der Waals surface area contributed by atoms with Crippen LogP contribution in [0, 0.1) is 0 Å². The van der Waals surface area contributed by atoms with E-state index in [1.807, 2.05) is 0 Å². The second kappa shape index (κ2) is 5.83. The second-order valence-corrected chi connectivity index (χ2v) is 5.70. The number of benzene rings is 1. The monoisotopic (exact) mass is 260 g/mol. The van der Waals surface area contributed by atoms with Crippen LogP contribution in [-0.2, 0) is 11.2 Å². The van der Waals surface area contributed by atoms with Crippen LogP contribution in [0.25, 0.3) is 0 Å². The average molecular weight is 260 g/mol. The standard InChI is InChI=1S/C16H24N2O/c1-18(12-13-6-2-3-11-19-13)16-9-4-8-15-14(16)7-5-10-17-15/h4,8-9,13,17H,2-3,5-7,10-12H2,1H3. The third-order valence-corrected chi connectivity index (χ3v) is 4.23. The second-order valence-electron chi connectivity index (χ2n) is 5.70. The van der Waals surface area contributed by atoms with E-state index in [0.717, 1.165) is 19.7 Å². The molecule has 2 aliphatic heterocycles. The van der Waals surface area contributed by atoms with Crippen molar-refractivity contribution < 1.29 is 4.74 Å². The zero-order valence-electron chi connectivity index (χ0n) is 11.8. The van der Waals surface area contributed by atoms with Crippen LogP contribution in [0.1, 0.15) is 31.2 Å². The molecule has 1 aromatic rings. The highest BCUT2D eigenvalue weighted by molar-refractivity contribution is 5.67. The summed E-state index contributed by atoms with van der Waals surface area (Å²) in [5, 5.41) is 3.50. The van der Waals surface area contributed by atoms with Crippen molar-refractivity contribution in [3.63, 3.8) is 0 Å². The van der Waals surface area contributed by atoms with E-state index in [0.29, 0.717) is 6.10 Å². The van der Waals surface area contributed by atoms with Crippen molar-refractivity contribution in [3.05, 3.63) is 23.8 Å². The number of rotatable bonds is 3. The van der Waals surface area contributed by atoms with Gasteiger partial charge in [-0.05, 0) is 49.8 Å². The van der Waals surface area contributed by atoms with E-state index in [2.05, 4.69) is 35.5 Å². The molecule has 1 saturated heterocycles. The van der Waals surface area contributed by atoms with Crippen LogP contribution in [0.4, 0.5) is 11.4 Å². The van der Waals surface area contributed by atoms with E-state index in [4.69, 9.17) is 4.74 Å². The molecule has 0 spiro atoms. The summed E-state index contributed by atoms with van der Waals surface area (Å²) in [6.45, 7) is 3.05. The van der Waals surface area contributed by atoms with Crippen molar-refractivity contribution in [1.82, 2.24) is 0 Å². The van der Waals surface area contributed by atoms with Crippen LogP contribution in [0.3, 0.4) is 0 Å². The molecule has 1 atom stereocenters. The highest BCUT2D eigenvalue weighted by atomic mass is 16.5. The zero-order valence-corrected chi connectivity index (χ0v) is 11.8. The molecule has 0 amide bonds. The van der Waals surface area contributed by atoms with E-state index in [-0.39, 0.29) is 0 Å². The fraction of sp³-hybridized carbons (Fsp3) is 0.625. The maximum atomic E-state index is 5.86. The van der Waals surface area contributed by atoms with E-state index >= 15 is 0 Å². The van der Waals surface area contributed by atoms with E-state index in [9.17, 15) is 0 Å². The summed E-state index contributed by atoms with van der Waals surface area (Å²) in [6.07, 6.45) is 6.58. The fourth-order valence-corrected chi connectivity index (χ4v) is 3.20. The topological polar surface area (TPSA) is 24.5 Å². The molecule has 0 saturated carbocycles. The molecular weight excluding hydrogens is 236 g/mol. The van der Waals surface area contributed by atoms with Gasteiger partial charge in [-0.2, -0.15) is 0 Å². The molecule has 1 aromatic carbocycles. The summed E-state index contributed by atoms with van der Waals surface area (Å²) >= 11 is 0. The van der Waals surface area contributed by atoms with Crippen molar-refractivity contribution in [1.29, 1.82) is 0 Å². The van der Waals surface area contributed by atoms with Crippen molar-refractivity contribution in [3.8, 4) is 0 Å². The molecule has 2 aliphatic rings. The Morgan fingerprint density at radius 1 is 1.32 bits per heavy atom. The van der Waals surface area contributed by atoms with Gasteiger partial charge >= 0.3 is 0 Å². The maximum absolute atomic E-state index is 5.86. The van der Waals surface area contributed by atoms with Gasteiger partial charge in [0.05, 0.1) is 6.10 Å². The first kappa shape index (κ1) is 12.8. The predicted octanol–water partition coefficient (Wildman–Crippen LogP) is 3.05. The Labute approximate surface area is 115 Å². The van der Waals surface area contributed by atoms with Crippen LogP contribution in [-0.4, -0.2) is 32.8 Å². The molecule has 0 aromatic heterocycles. The van der Waals surface area contributed by atoms with E-state index in [1.54, 1.807) is 0 Å². The summed E-state index contributed by atoms with van der Waals surface area (Å²) in [5.41, 5.74) is 4.17. The van der Waals surface area contributed by atoms with Gasteiger partial charge in [0.2, 0.25) is 0 Å². The number of likely N-dealkylation sites (N-methyl/N-ethyl adjacent to an activating group) is 1. The Kier molecular flexibility index (Phi) is 3.92. The van der Waals surface area contributed by atoms with E-state index < -0.39 is 0 Å². The fourth-order valence-electron chi connectivity index (χ4n) is 3.20. The third kappa shape index (κ3) is 2.86. The summed E-state index contributed by atoms with van der Waals surface area (Å²) in [6, 6.07) is 6.60. The summed E-state index contributed by atoms with van der Waals surface area (Å²) < 4.78 is 5.86. The largest absolute Gasteiger partial charge is 0.385 e. The normalized spacial score (nSPS) is 22.5. The zero-order chi connectivity index (χ0) is 13.1. The van der Waals surface area contributed by atoms with Gasteiger partial charge in [-0.25, -0.2) is 0 Å². The third-order valence-electron chi connectivity index (χ3n) is 4.23. The highest BCUT2D eigenvalue weighted by Gasteiger charge is 2.19. The SMILES string of the molecule is CN(CC1CCCCO1)c1cccc2c1CCCN2. The molecular formula is C16H24N2O. The number of nitrogens with zero attached hydrogens (tertiary/aromatic N) is 1. The number of fused-ring (bicyclic) bond motifs is 1. The molecule has 0 aliphatic carbocycles. The first-order chi connectivity index (χ1) is 9.34. The summed E-state index contributed by atoms with van der Waals surface area (Å²) in [7, 11) is 2.20. The van der Waals surface area contributed by atoms with Gasteiger partial charge in [0.1, 0.15) is 0 Å². The molecule has 2 heterocycles. The Morgan fingerprint density at radius 3 is 3.11 bits per heavy atom. The predicted molar refractivity (Wildman–Crippen MR) is 80.1 cm³/mol. The Morgan fingerprint density at radius 2 is 2.26 bits per heavy atom. The molecule has 3 rings (SSSR count). The summed E-state index contributed by atoms with van der Waals surface area (Å²) in [4.78, 5) is 2.38. The number of ether oxygens (including phenoxy) is 1. The van der Waals surface area contributed by atoms with Gasteiger partial charge in [-0.1, -0.05) is 6.07 Å². The van der Waals surface area contributed by atoms with Gasteiger partial charge < -0.3 is 15.0 Å². The molecule has 3 nitrogen and oxygen atoms in total. The van der Waals surface area contributed by atoms with Crippen LogP contribution < -0.4 is 10.2 Å². The van der Waals surface area contributed by atoms with Crippen molar-refractivity contribution in [2.24, 2.45) is 0 Å². The average Bonchev–Trinajstić information content (AvgIpc) is 2.47. The maximum Gasteiger partial charge on any atom is 0.0749 e. The lowest BCUT2D eigenvalue weighted by atomic mass is 10.0. The lowest BCUT2D eigenvalue weighted by Crippen LogP contribution is -2.34. The Bertz CT molecular complexity index is 427. The number of hydrogen-bond acceptors (Lipinski definition) is 3. The minimum atomic E-state index is 0.408. The number of anilines is 2. The van der Waals surface area contributed by atoms with Crippen LogP contribution >= 0.6 is 0 Å². The molecule has 0 radical (unpaired) electrons. The molecule has 3 heteroatoms. The van der Waals surface area contributed by atoms with Crippen LogP contribution in [0.15, 0.2) is 18.2 Å². The van der Waals surface area contributed by atoms with Gasteiger partial charge in [0.25, 0.3) is 0 Å². The smallest absolute Gasteiger partial charge is 0.0749 e. The first-order valence-corrected chi connectivity index (χ1v) is 7.53. The molecule has 19 heavy (non-hydrogen) atoms. The number of hydrogen-bond donors (Lipinski definition) is 1. The van der Waals surface area contributed by atoms with E-state index in [1.165, 1.54) is 49.0 Å². The molecule has 104 valence electrons. The molecule has 0 bridgehead atoms. The highest BCUT2D eigenvalue weighted by Crippen LogP contribution is 2.31. The molecule has 1 fully saturated rings. The molecule has 1 N–H and O–H groups in total. The minimum absolute atomic E-state index is 0.408.